The maximum atomic E-state index is 11.5. The summed E-state index contributed by atoms with van der Waals surface area (Å²) in [5.41, 5.74) is 4.63. The number of nitrogens with zero attached hydrogens (tertiary/aromatic N) is 1. The fourth-order valence-corrected chi connectivity index (χ4v) is 2.81. The Morgan fingerprint density at radius 3 is 2.47 bits per heavy atom. The number of carbonyl (C=O) groups excluding carboxylic acids is 1. The highest BCUT2D eigenvalue weighted by atomic mass is 35.5. The molecule has 0 saturated heterocycles. The predicted molar refractivity (Wildman–Crippen MR) is 114 cm³/mol. The van der Waals surface area contributed by atoms with Gasteiger partial charge in [0, 0.05) is 0 Å². The van der Waals surface area contributed by atoms with Crippen molar-refractivity contribution < 1.29 is 28.5 Å². The van der Waals surface area contributed by atoms with E-state index in [1.165, 1.54) is 7.11 Å². The topological polar surface area (TPSA) is 87.6 Å². The van der Waals surface area contributed by atoms with E-state index < -0.39 is 5.97 Å². The Labute approximate surface area is 180 Å². The second-order valence-corrected chi connectivity index (χ2v) is 6.32. The Balaban J connectivity index is 2.01. The molecule has 0 saturated carbocycles. The van der Waals surface area contributed by atoms with Crippen LogP contribution in [0.5, 0.6) is 23.0 Å². The molecule has 2 aromatic rings. The van der Waals surface area contributed by atoms with Gasteiger partial charge in [-0.05, 0) is 42.3 Å². The Morgan fingerprint density at radius 2 is 1.80 bits per heavy atom. The minimum Gasteiger partial charge on any atom is -0.493 e. The molecule has 0 fully saturated rings. The standard InChI is InChI=1S/C21H25ClN2O6/c1-5-29-20(25)13-30-21-16(22)8-15(10-19(21)28-4)12-24-23-11-14-6-7-17(26-2)18(9-14)27-3/h6-10,12,23H,5,11,13H2,1-4H3/b24-12-. The smallest absolute Gasteiger partial charge is 0.344 e. The lowest BCUT2D eigenvalue weighted by Gasteiger charge is -2.12. The van der Waals surface area contributed by atoms with Crippen molar-refractivity contribution >= 4 is 23.8 Å². The molecular formula is C21H25ClN2O6. The van der Waals surface area contributed by atoms with E-state index in [0.717, 1.165) is 5.56 Å². The molecule has 0 atom stereocenters. The van der Waals surface area contributed by atoms with Crippen LogP contribution in [0.4, 0.5) is 0 Å². The number of benzene rings is 2. The average molecular weight is 437 g/mol. The van der Waals surface area contributed by atoms with E-state index in [4.69, 9.17) is 35.3 Å². The van der Waals surface area contributed by atoms with Crippen molar-refractivity contribution in [2.75, 3.05) is 34.5 Å². The quantitative estimate of drug-likeness (QED) is 0.328. The van der Waals surface area contributed by atoms with Crippen LogP contribution in [0.1, 0.15) is 18.1 Å². The lowest BCUT2D eigenvalue weighted by Crippen LogP contribution is -2.15. The van der Waals surface area contributed by atoms with Gasteiger partial charge in [-0.2, -0.15) is 5.10 Å². The summed E-state index contributed by atoms with van der Waals surface area (Å²) >= 11 is 6.28. The molecule has 0 radical (unpaired) electrons. The number of nitrogens with one attached hydrogen (secondary N) is 1. The number of hydrazone groups is 1. The van der Waals surface area contributed by atoms with Gasteiger partial charge in [-0.25, -0.2) is 4.79 Å². The van der Waals surface area contributed by atoms with E-state index in [1.54, 1.807) is 39.5 Å². The molecule has 0 aliphatic carbocycles. The molecule has 0 amide bonds. The minimum absolute atomic E-state index is 0.260. The van der Waals surface area contributed by atoms with Crippen molar-refractivity contribution in [3.63, 3.8) is 0 Å². The summed E-state index contributed by atoms with van der Waals surface area (Å²) in [4.78, 5) is 11.5. The van der Waals surface area contributed by atoms with E-state index in [1.807, 2.05) is 18.2 Å². The average Bonchev–Trinajstić information content (AvgIpc) is 2.75. The Morgan fingerprint density at radius 1 is 1.07 bits per heavy atom. The van der Waals surface area contributed by atoms with Crippen LogP contribution in [0.3, 0.4) is 0 Å². The van der Waals surface area contributed by atoms with Crippen LogP contribution in [-0.2, 0) is 16.1 Å². The normalized spacial score (nSPS) is 10.6. The van der Waals surface area contributed by atoms with Crippen molar-refractivity contribution in [1.29, 1.82) is 0 Å². The zero-order valence-corrected chi connectivity index (χ0v) is 18.1. The van der Waals surface area contributed by atoms with Crippen LogP contribution in [0.25, 0.3) is 0 Å². The van der Waals surface area contributed by atoms with Gasteiger partial charge in [-0.3, -0.25) is 0 Å². The first-order valence-corrected chi connectivity index (χ1v) is 9.52. The number of halogens is 1. The summed E-state index contributed by atoms with van der Waals surface area (Å²) in [6.45, 7) is 2.23. The van der Waals surface area contributed by atoms with Crippen molar-refractivity contribution in [1.82, 2.24) is 5.43 Å². The highest BCUT2D eigenvalue weighted by Crippen LogP contribution is 2.36. The van der Waals surface area contributed by atoms with Crippen LogP contribution >= 0.6 is 11.6 Å². The number of rotatable bonds is 11. The molecule has 0 spiro atoms. The van der Waals surface area contributed by atoms with E-state index >= 15 is 0 Å². The molecule has 0 aliphatic heterocycles. The van der Waals surface area contributed by atoms with Gasteiger partial charge in [0.05, 0.1) is 45.7 Å². The molecule has 2 rings (SSSR count). The van der Waals surface area contributed by atoms with Gasteiger partial charge in [0.2, 0.25) is 0 Å². The fraction of sp³-hybridized carbons (Fsp3) is 0.333. The lowest BCUT2D eigenvalue weighted by molar-refractivity contribution is -0.145. The minimum atomic E-state index is -0.486. The van der Waals surface area contributed by atoms with Crippen LogP contribution < -0.4 is 24.4 Å². The second-order valence-electron chi connectivity index (χ2n) is 5.91. The summed E-state index contributed by atoms with van der Waals surface area (Å²) in [5, 5.41) is 4.50. The SMILES string of the molecule is CCOC(=O)COc1c(Cl)cc(/C=N\NCc2ccc(OC)c(OC)c2)cc1OC. The highest BCUT2D eigenvalue weighted by Gasteiger charge is 2.14. The van der Waals surface area contributed by atoms with E-state index in [-0.39, 0.29) is 19.0 Å². The number of esters is 1. The molecule has 0 heterocycles. The summed E-state index contributed by atoms with van der Waals surface area (Å²) < 4.78 is 26.1. The van der Waals surface area contributed by atoms with E-state index in [2.05, 4.69) is 10.5 Å². The fourth-order valence-electron chi connectivity index (χ4n) is 2.54. The first-order valence-electron chi connectivity index (χ1n) is 9.15. The number of hydrogen-bond donors (Lipinski definition) is 1. The molecule has 30 heavy (non-hydrogen) atoms. The molecule has 8 nitrogen and oxygen atoms in total. The van der Waals surface area contributed by atoms with Crippen LogP contribution in [0.2, 0.25) is 5.02 Å². The third-order valence-electron chi connectivity index (χ3n) is 3.93. The predicted octanol–water partition coefficient (Wildman–Crippen LogP) is 3.43. The maximum absolute atomic E-state index is 11.5. The number of carbonyl (C=O) groups is 1. The van der Waals surface area contributed by atoms with Gasteiger partial charge in [0.15, 0.2) is 29.6 Å². The van der Waals surface area contributed by atoms with Crippen molar-refractivity contribution in [3.05, 3.63) is 46.5 Å². The Bertz CT molecular complexity index is 888. The first-order chi connectivity index (χ1) is 14.5. The highest BCUT2D eigenvalue weighted by molar-refractivity contribution is 6.32. The van der Waals surface area contributed by atoms with E-state index in [0.29, 0.717) is 34.4 Å². The zero-order chi connectivity index (χ0) is 21.9. The van der Waals surface area contributed by atoms with Crippen LogP contribution in [-0.4, -0.2) is 46.7 Å². The third kappa shape index (κ3) is 6.45. The van der Waals surface area contributed by atoms with Gasteiger partial charge in [-0.1, -0.05) is 17.7 Å². The molecule has 162 valence electrons. The molecule has 2 aromatic carbocycles. The molecule has 0 bridgehead atoms. The number of methoxy groups -OCH3 is 3. The van der Waals surface area contributed by atoms with Crippen LogP contribution in [0.15, 0.2) is 35.4 Å². The van der Waals surface area contributed by atoms with Gasteiger partial charge < -0.3 is 29.1 Å². The summed E-state index contributed by atoms with van der Waals surface area (Å²) in [7, 11) is 4.66. The molecular weight excluding hydrogens is 412 g/mol. The summed E-state index contributed by atoms with van der Waals surface area (Å²) in [6, 6.07) is 8.98. The van der Waals surface area contributed by atoms with Gasteiger partial charge in [0.1, 0.15) is 0 Å². The van der Waals surface area contributed by atoms with Gasteiger partial charge in [0.25, 0.3) is 0 Å². The van der Waals surface area contributed by atoms with Gasteiger partial charge in [-0.15, -0.1) is 0 Å². The van der Waals surface area contributed by atoms with Crippen molar-refractivity contribution in [3.8, 4) is 23.0 Å². The Kier molecular flexibility index (Phi) is 9.08. The molecule has 9 heteroatoms. The molecule has 0 aliphatic rings. The molecule has 0 unspecified atom stereocenters. The molecule has 1 N–H and O–H groups in total. The second kappa shape index (κ2) is 11.8. The summed E-state index contributed by atoms with van der Waals surface area (Å²) in [5.74, 6) is 1.48. The monoisotopic (exact) mass is 436 g/mol. The number of ether oxygens (including phenoxy) is 5. The maximum Gasteiger partial charge on any atom is 0.344 e. The third-order valence-corrected chi connectivity index (χ3v) is 4.21. The number of hydrogen-bond acceptors (Lipinski definition) is 8. The van der Waals surface area contributed by atoms with Crippen molar-refractivity contribution in [2.24, 2.45) is 5.10 Å². The Hall–Kier alpha value is -3.13. The molecule has 0 aromatic heterocycles. The lowest BCUT2D eigenvalue weighted by atomic mass is 10.2. The van der Waals surface area contributed by atoms with Crippen LogP contribution in [0, 0.1) is 0 Å². The zero-order valence-electron chi connectivity index (χ0n) is 17.4. The largest absolute Gasteiger partial charge is 0.493 e. The van der Waals surface area contributed by atoms with Crippen molar-refractivity contribution in [2.45, 2.75) is 13.5 Å². The summed E-state index contributed by atoms with van der Waals surface area (Å²) in [6.07, 6.45) is 1.60. The first kappa shape index (κ1) is 23.2. The van der Waals surface area contributed by atoms with E-state index in [9.17, 15) is 4.79 Å². The van der Waals surface area contributed by atoms with Gasteiger partial charge >= 0.3 is 5.97 Å².